The number of sulfonamides is 1. The van der Waals surface area contributed by atoms with E-state index in [0.29, 0.717) is 11.1 Å². The third-order valence-corrected chi connectivity index (χ3v) is 5.93. The number of hydrogen-bond donors (Lipinski definition) is 3. The largest absolute Gasteiger partial charge is 0.377 e. The van der Waals surface area contributed by atoms with Crippen LogP contribution in [-0.2, 0) is 10.0 Å². The molecule has 0 saturated carbocycles. The van der Waals surface area contributed by atoms with Crippen LogP contribution in [0, 0.1) is 5.82 Å². The number of nitrogens with zero attached hydrogens (tertiary/aromatic N) is 1. The molecule has 3 N–H and O–H groups in total. The lowest BCUT2D eigenvalue weighted by atomic mass is 10.1. The minimum atomic E-state index is -3.78. The van der Waals surface area contributed by atoms with Crippen LogP contribution in [-0.4, -0.2) is 41.6 Å². The van der Waals surface area contributed by atoms with Gasteiger partial charge in [-0.1, -0.05) is 30.3 Å². The zero-order valence-corrected chi connectivity index (χ0v) is 17.5. The predicted octanol–water partition coefficient (Wildman–Crippen LogP) is 3.14. The fraction of sp³-hybridized carbons (Fsp3) is 0.190. The van der Waals surface area contributed by atoms with E-state index in [9.17, 15) is 17.6 Å². The molecule has 0 atom stereocenters. The molecule has 3 rings (SSSR count). The molecule has 0 aliphatic heterocycles. The van der Waals surface area contributed by atoms with E-state index in [-0.39, 0.29) is 18.0 Å². The molecule has 0 bridgehead atoms. The standard InChI is InChI=1S/C21H23FN4O3S/c1-26(2)19-10-4-9-18-17(19)8-5-11-20(18)30(28,29)24-13-12-23-21(27)25-16-7-3-6-15(22)14-16/h3-11,14,24H,12-13H2,1-2H3,(H2,23,25,27). The molecule has 0 heterocycles. The molecule has 0 aromatic heterocycles. The quantitative estimate of drug-likeness (QED) is 0.502. The minimum absolute atomic E-state index is 0.00264. The van der Waals surface area contributed by atoms with Gasteiger partial charge in [0, 0.05) is 49.3 Å². The Hall–Kier alpha value is -3.17. The van der Waals surface area contributed by atoms with Crippen molar-refractivity contribution in [3.05, 3.63) is 66.5 Å². The maximum absolute atomic E-state index is 13.1. The van der Waals surface area contributed by atoms with E-state index in [4.69, 9.17) is 0 Å². The summed E-state index contributed by atoms with van der Waals surface area (Å²) in [6.07, 6.45) is 0. The summed E-state index contributed by atoms with van der Waals surface area (Å²) in [4.78, 5) is 14.0. The SMILES string of the molecule is CN(C)c1cccc2c(S(=O)(=O)NCCNC(=O)Nc3cccc(F)c3)cccc12. The summed E-state index contributed by atoms with van der Waals surface area (Å²) in [5.41, 5.74) is 1.22. The summed E-state index contributed by atoms with van der Waals surface area (Å²) in [5.74, 6) is -0.465. The average molecular weight is 431 g/mol. The molecular formula is C21H23FN4O3S. The molecular weight excluding hydrogens is 407 g/mol. The number of anilines is 2. The highest BCUT2D eigenvalue weighted by Gasteiger charge is 2.18. The summed E-state index contributed by atoms with van der Waals surface area (Å²) in [5, 5.41) is 6.46. The molecule has 158 valence electrons. The number of urea groups is 1. The number of carbonyl (C=O) groups excluding carboxylic acids is 1. The molecule has 0 saturated heterocycles. The van der Waals surface area contributed by atoms with E-state index in [2.05, 4.69) is 15.4 Å². The smallest absolute Gasteiger partial charge is 0.319 e. The number of amides is 2. The van der Waals surface area contributed by atoms with Gasteiger partial charge in [-0.25, -0.2) is 22.3 Å². The lowest BCUT2D eigenvalue weighted by Crippen LogP contribution is -2.36. The second-order valence-electron chi connectivity index (χ2n) is 6.81. The molecule has 9 heteroatoms. The van der Waals surface area contributed by atoms with Crippen molar-refractivity contribution in [3.63, 3.8) is 0 Å². The molecule has 2 amide bonds. The van der Waals surface area contributed by atoms with E-state index in [1.54, 1.807) is 24.3 Å². The molecule has 0 unspecified atom stereocenters. The van der Waals surface area contributed by atoms with Crippen LogP contribution >= 0.6 is 0 Å². The molecule has 7 nitrogen and oxygen atoms in total. The summed E-state index contributed by atoms with van der Waals surface area (Å²) >= 11 is 0. The van der Waals surface area contributed by atoms with Gasteiger partial charge in [0.1, 0.15) is 5.82 Å². The van der Waals surface area contributed by atoms with E-state index in [0.717, 1.165) is 11.1 Å². The maximum Gasteiger partial charge on any atom is 0.319 e. The lowest BCUT2D eigenvalue weighted by Gasteiger charge is -2.17. The van der Waals surface area contributed by atoms with Gasteiger partial charge in [-0.15, -0.1) is 0 Å². The van der Waals surface area contributed by atoms with Crippen molar-refractivity contribution >= 4 is 38.2 Å². The molecule has 30 heavy (non-hydrogen) atoms. The first-order valence-corrected chi connectivity index (χ1v) is 10.8. The van der Waals surface area contributed by atoms with Gasteiger partial charge in [-0.05, 0) is 30.3 Å². The van der Waals surface area contributed by atoms with Crippen LogP contribution in [0.5, 0.6) is 0 Å². The van der Waals surface area contributed by atoms with Gasteiger partial charge in [0.05, 0.1) is 4.90 Å². The third-order valence-electron chi connectivity index (χ3n) is 4.42. The van der Waals surface area contributed by atoms with Crippen molar-refractivity contribution in [1.82, 2.24) is 10.0 Å². The van der Waals surface area contributed by atoms with Crippen molar-refractivity contribution < 1.29 is 17.6 Å². The van der Waals surface area contributed by atoms with Crippen molar-refractivity contribution in [2.24, 2.45) is 0 Å². The molecule has 3 aromatic rings. The molecule has 0 spiro atoms. The highest BCUT2D eigenvalue weighted by Crippen LogP contribution is 2.29. The van der Waals surface area contributed by atoms with Gasteiger partial charge >= 0.3 is 6.03 Å². The summed E-state index contributed by atoms with van der Waals surface area (Å²) < 4.78 is 41.3. The molecule has 0 radical (unpaired) electrons. The number of halogens is 1. The Kier molecular flexibility index (Phi) is 6.53. The lowest BCUT2D eigenvalue weighted by molar-refractivity contribution is 0.252. The van der Waals surface area contributed by atoms with Crippen molar-refractivity contribution in [1.29, 1.82) is 0 Å². The maximum atomic E-state index is 13.1. The first kappa shape index (κ1) is 21.5. The molecule has 0 fully saturated rings. The van der Waals surface area contributed by atoms with Gasteiger partial charge in [0.25, 0.3) is 0 Å². The Bertz CT molecular complexity index is 1170. The average Bonchev–Trinajstić information content (AvgIpc) is 2.70. The Morgan fingerprint density at radius 3 is 2.40 bits per heavy atom. The van der Waals surface area contributed by atoms with Gasteiger partial charge in [-0.2, -0.15) is 0 Å². The number of hydrogen-bond acceptors (Lipinski definition) is 4. The summed E-state index contributed by atoms with van der Waals surface area (Å²) in [7, 11) is 0.0135. The number of nitrogens with one attached hydrogen (secondary N) is 3. The molecule has 3 aromatic carbocycles. The first-order chi connectivity index (χ1) is 14.3. The van der Waals surface area contributed by atoms with Gasteiger partial charge in [-0.3, -0.25) is 0 Å². The Labute approximate surface area is 174 Å². The normalized spacial score (nSPS) is 11.3. The van der Waals surface area contributed by atoms with Gasteiger partial charge in [0.2, 0.25) is 10.0 Å². The summed E-state index contributed by atoms with van der Waals surface area (Å²) in [6, 6.07) is 15.6. The highest BCUT2D eigenvalue weighted by atomic mass is 32.2. The van der Waals surface area contributed by atoms with Crippen LogP contribution in [0.3, 0.4) is 0 Å². The van der Waals surface area contributed by atoms with E-state index < -0.39 is 21.9 Å². The first-order valence-electron chi connectivity index (χ1n) is 9.27. The van der Waals surface area contributed by atoms with Crippen LogP contribution < -0.4 is 20.3 Å². The number of carbonyl (C=O) groups is 1. The zero-order chi connectivity index (χ0) is 21.7. The van der Waals surface area contributed by atoms with Crippen molar-refractivity contribution in [2.45, 2.75) is 4.90 Å². The molecule has 0 aliphatic rings. The van der Waals surface area contributed by atoms with E-state index in [1.165, 1.54) is 18.2 Å². The Balaban J connectivity index is 1.63. The highest BCUT2D eigenvalue weighted by molar-refractivity contribution is 7.89. The summed E-state index contributed by atoms with van der Waals surface area (Å²) in [6.45, 7) is 0.0662. The topological polar surface area (TPSA) is 90.5 Å². The third kappa shape index (κ3) is 5.05. The van der Waals surface area contributed by atoms with Gasteiger partial charge < -0.3 is 15.5 Å². The van der Waals surface area contributed by atoms with Gasteiger partial charge in [0.15, 0.2) is 0 Å². The van der Waals surface area contributed by atoms with Crippen LogP contribution in [0.1, 0.15) is 0 Å². The fourth-order valence-corrected chi connectivity index (χ4v) is 4.32. The van der Waals surface area contributed by atoms with Crippen LogP contribution in [0.25, 0.3) is 10.8 Å². The van der Waals surface area contributed by atoms with Crippen molar-refractivity contribution in [2.75, 3.05) is 37.4 Å². The van der Waals surface area contributed by atoms with E-state index >= 15 is 0 Å². The van der Waals surface area contributed by atoms with Crippen LogP contribution in [0.2, 0.25) is 0 Å². The number of benzene rings is 3. The zero-order valence-electron chi connectivity index (χ0n) is 16.6. The van der Waals surface area contributed by atoms with Crippen LogP contribution in [0.15, 0.2) is 65.6 Å². The van der Waals surface area contributed by atoms with E-state index in [1.807, 2.05) is 37.2 Å². The Morgan fingerprint density at radius 2 is 1.67 bits per heavy atom. The number of rotatable bonds is 7. The second-order valence-corrected chi connectivity index (χ2v) is 8.55. The second kappa shape index (κ2) is 9.10. The van der Waals surface area contributed by atoms with Crippen molar-refractivity contribution in [3.8, 4) is 0 Å². The number of fused-ring (bicyclic) bond motifs is 1. The Morgan fingerprint density at radius 1 is 0.967 bits per heavy atom. The molecule has 0 aliphatic carbocycles. The van der Waals surface area contributed by atoms with Crippen LogP contribution in [0.4, 0.5) is 20.6 Å². The predicted molar refractivity (Wildman–Crippen MR) is 117 cm³/mol. The monoisotopic (exact) mass is 430 g/mol. The minimum Gasteiger partial charge on any atom is -0.377 e. The fourth-order valence-electron chi connectivity index (χ4n) is 3.07.